The number of methoxy groups -OCH3 is 1. The van der Waals surface area contributed by atoms with Crippen molar-refractivity contribution in [2.24, 2.45) is 0 Å². The molecule has 1 aromatic heterocycles. The van der Waals surface area contributed by atoms with E-state index in [1.54, 1.807) is 12.1 Å². The van der Waals surface area contributed by atoms with Gasteiger partial charge in [-0.1, -0.05) is 0 Å². The molecule has 1 heterocycles. The van der Waals surface area contributed by atoms with Crippen LogP contribution in [0.2, 0.25) is 0 Å². The molecule has 0 aliphatic carbocycles. The monoisotopic (exact) mass is 434 g/mol. The maximum absolute atomic E-state index is 14.1. The highest BCUT2D eigenvalue weighted by Gasteiger charge is 2.26. The maximum atomic E-state index is 14.1. The van der Waals surface area contributed by atoms with E-state index in [4.69, 9.17) is 9.47 Å². The number of carbonyl (C=O) groups excluding carboxylic acids is 1. The number of ether oxygens (including phenoxy) is 2. The molecule has 0 radical (unpaired) electrons. The number of aromatic nitrogens is 2. The first-order valence-electron chi connectivity index (χ1n) is 8.78. The molecular weight excluding hydrogens is 415 g/mol. The molecule has 3 N–H and O–H groups in total. The fourth-order valence-corrected chi connectivity index (χ4v) is 3.70. The topological polar surface area (TPSA) is 122 Å². The Balaban J connectivity index is 1.80. The van der Waals surface area contributed by atoms with E-state index in [2.05, 4.69) is 20.2 Å². The van der Waals surface area contributed by atoms with Gasteiger partial charge in [0.15, 0.2) is 5.03 Å². The van der Waals surface area contributed by atoms with Crippen LogP contribution in [0.15, 0.2) is 53.7 Å². The minimum atomic E-state index is -4.17. The predicted molar refractivity (Wildman–Crippen MR) is 108 cm³/mol. The minimum absolute atomic E-state index is 0.134. The van der Waals surface area contributed by atoms with Gasteiger partial charge in [0.2, 0.25) is 0 Å². The maximum Gasteiger partial charge on any atom is 0.279 e. The van der Waals surface area contributed by atoms with Crippen LogP contribution in [0.5, 0.6) is 11.5 Å². The summed E-state index contributed by atoms with van der Waals surface area (Å²) in [6.07, 6.45) is 1.05. The van der Waals surface area contributed by atoms with Crippen molar-refractivity contribution in [1.29, 1.82) is 0 Å². The Bertz CT molecular complexity index is 1150. The molecule has 11 heteroatoms. The second-order valence-corrected chi connectivity index (χ2v) is 7.59. The van der Waals surface area contributed by atoms with Gasteiger partial charge in [-0.3, -0.25) is 14.6 Å². The molecule has 2 aromatic carbocycles. The molecule has 9 nitrogen and oxygen atoms in total. The fourth-order valence-electron chi connectivity index (χ4n) is 2.55. The first-order valence-corrected chi connectivity index (χ1v) is 10.3. The summed E-state index contributed by atoms with van der Waals surface area (Å²) in [5.74, 6) is -0.719. The van der Waals surface area contributed by atoms with Gasteiger partial charge in [-0.25, -0.2) is 4.39 Å². The van der Waals surface area contributed by atoms with Crippen molar-refractivity contribution < 1.29 is 27.1 Å². The van der Waals surface area contributed by atoms with Gasteiger partial charge in [-0.2, -0.15) is 13.5 Å². The van der Waals surface area contributed by atoms with E-state index in [1.165, 1.54) is 31.4 Å². The Hall–Kier alpha value is -3.60. The van der Waals surface area contributed by atoms with Gasteiger partial charge in [0.25, 0.3) is 15.9 Å². The molecule has 0 spiro atoms. The van der Waals surface area contributed by atoms with Crippen LogP contribution in [0, 0.1) is 5.82 Å². The average molecular weight is 434 g/mol. The Kier molecular flexibility index (Phi) is 6.21. The number of carbonyl (C=O) groups is 1. The van der Waals surface area contributed by atoms with Crippen LogP contribution in [0.1, 0.15) is 17.3 Å². The number of sulfonamides is 1. The lowest BCUT2D eigenvalue weighted by molar-refractivity contribution is 0.102. The molecule has 0 aliphatic heterocycles. The summed E-state index contributed by atoms with van der Waals surface area (Å²) in [5.41, 5.74) is -0.144. The lowest BCUT2D eigenvalue weighted by Gasteiger charge is -2.10. The number of rotatable bonds is 8. The molecule has 30 heavy (non-hydrogen) atoms. The summed E-state index contributed by atoms with van der Waals surface area (Å²) < 4.78 is 52.1. The third kappa shape index (κ3) is 4.69. The van der Waals surface area contributed by atoms with E-state index in [-0.39, 0.29) is 22.7 Å². The molecule has 1 amide bonds. The molecule has 158 valence electrons. The van der Waals surface area contributed by atoms with Crippen molar-refractivity contribution in [2.75, 3.05) is 23.8 Å². The first-order chi connectivity index (χ1) is 14.3. The van der Waals surface area contributed by atoms with E-state index in [1.807, 2.05) is 6.92 Å². The van der Waals surface area contributed by atoms with Crippen LogP contribution in [0.4, 0.5) is 15.8 Å². The zero-order valence-electron chi connectivity index (χ0n) is 16.1. The van der Waals surface area contributed by atoms with E-state index in [0.717, 1.165) is 12.3 Å². The lowest BCUT2D eigenvalue weighted by atomic mass is 10.2. The molecule has 3 aromatic rings. The second-order valence-electron chi connectivity index (χ2n) is 5.98. The SMILES string of the molecule is CCOc1ccc(NS(=O)(=O)c2[nH]ncc2C(=O)Nc2ccc(OC)cc2F)cc1. The Morgan fingerprint density at radius 1 is 1.17 bits per heavy atom. The van der Waals surface area contributed by atoms with E-state index < -0.39 is 26.8 Å². The smallest absolute Gasteiger partial charge is 0.279 e. The summed E-state index contributed by atoms with van der Waals surface area (Å²) >= 11 is 0. The number of hydrogen-bond donors (Lipinski definition) is 3. The summed E-state index contributed by atoms with van der Waals surface area (Å²) in [4.78, 5) is 12.5. The Morgan fingerprint density at radius 2 is 1.87 bits per heavy atom. The van der Waals surface area contributed by atoms with E-state index in [9.17, 15) is 17.6 Å². The van der Waals surface area contributed by atoms with Gasteiger partial charge in [-0.05, 0) is 43.3 Å². The first kappa shape index (κ1) is 21.1. The zero-order valence-corrected chi connectivity index (χ0v) is 16.9. The van der Waals surface area contributed by atoms with Crippen LogP contribution in [-0.2, 0) is 10.0 Å². The number of amides is 1. The molecule has 3 rings (SSSR count). The number of H-pyrrole nitrogens is 1. The number of hydrogen-bond acceptors (Lipinski definition) is 6. The summed E-state index contributed by atoms with van der Waals surface area (Å²) in [7, 11) is -2.79. The highest BCUT2D eigenvalue weighted by atomic mass is 32.2. The van der Waals surface area contributed by atoms with Gasteiger partial charge in [-0.15, -0.1) is 0 Å². The largest absolute Gasteiger partial charge is 0.497 e. The van der Waals surface area contributed by atoms with Gasteiger partial charge >= 0.3 is 0 Å². The van der Waals surface area contributed by atoms with Crippen molar-refractivity contribution in [3.63, 3.8) is 0 Å². The Morgan fingerprint density at radius 3 is 2.50 bits per heavy atom. The molecule has 0 unspecified atom stereocenters. The third-order valence-corrected chi connectivity index (χ3v) is 5.31. The van der Waals surface area contributed by atoms with Gasteiger partial charge < -0.3 is 14.8 Å². The minimum Gasteiger partial charge on any atom is -0.497 e. The van der Waals surface area contributed by atoms with E-state index in [0.29, 0.717) is 12.4 Å². The Labute approximate surface area is 172 Å². The van der Waals surface area contributed by atoms with Crippen molar-refractivity contribution in [2.45, 2.75) is 11.9 Å². The van der Waals surface area contributed by atoms with Crippen LogP contribution in [-0.4, -0.2) is 38.2 Å². The second kappa shape index (κ2) is 8.82. The highest BCUT2D eigenvalue weighted by molar-refractivity contribution is 7.92. The van der Waals surface area contributed by atoms with Crippen LogP contribution >= 0.6 is 0 Å². The van der Waals surface area contributed by atoms with Crippen molar-refractivity contribution in [1.82, 2.24) is 10.2 Å². The summed E-state index contributed by atoms with van der Waals surface area (Å²) in [5, 5.41) is 7.81. The van der Waals surface area contributed by atoms with Crippen LogP contribution in [0.3, 0.4) is 0 Å². The molecule has 0 atom stereocenters. The molecule has 0 aliphatic rings. The number of nitrogens with zero attached hydrogens (tertiary/aromatic N) is 1. The molecule has 0 fully saturated rings. The van der Waals surface area contributed by atoms with E-state index >= 15 is 0 Å². The standard InChI is InChI=1S/C19H19FN4O5S/c1-3-29-13-6-4-12(5-7-13)24-30(26,27)19-15(11-21-23-19)18(25)22-17-9-8-14(28-2)10-16(17)20/h4-11,24H,3H2,1-2H3,(H,21,23)(H,22,25). The number of aromatic amines is 1. The molecule has 0 bridgehead atoms. The fraction of sp³-hybridized carbons (Fsp3) is 0.158. The van der Waals surface area contributed by atoms with Crippen molar-refractivity contribution in [3.05, 3.63) is 60.0 Å². The van der Waals surface area contributed by atoms with Crippen LogP contribution in [0.25, 0.3) is 0 Å². The van der Waals surface area contributed by atoms with Crippen LogP contribution < -0.4 is 19.5 Å². The number of anilines is 2. The van der Waals surface area contributed by atoms with Crippen molar-refractivity contribution in [3.8, 4) is 11.5 Å². The molecule has 0 saturated heterocycles. The van der Waals surface area contributed by atoms with Crippen molar-refractivity contribution >= 4 is 27.3 Å². The van der Waals surface area contributed by atoms with Gasteiger partial charge in [0.05, 0.1) is 31.2 Å². The summed E-state index contributed by atoms with van der Waals surface area (Å²) in [6, 6.07) is 10.1. The quantitative estimate of drug-likeness (QED) is 0.501. The lowest BCUT2D eigenvalue weighted by Crippen LogP contribution is -2.20. The summed E-state index contributed by atoms with van der Waals surface area (Å²) in [6.45, 7) is 2.31. The number of benzene rings is 2. The van der Waals surface area contributed by atoms with Gasteiger partial charge in [0.1, 0.15) is 17.3 Å². The third-order valence-electron chi connectivity index (χ3n) is 3.96. The average Bonchev–Trinajstić information content (AvgIpc) is 3.22. The molecular formula is C19H19FN4O5S. The zero-order chi connectivity index (χ0) is 21.7. The predicted octanol–water partition coefficient (Wildman–Crippen LogP) is 3.01. The molecule has 0 saturated carbocycles. The highest BCUT2D eigenvalue weighted by Crippen LogP contribution is 2.23. The number of nitrogens with one attached hydrogen (secondary N) is 3. The number of halogens is 1. The van der Waals surface area contributed by atoms with Gasteiger partial charge in [0, 0.05) is 11.8 Å². The normalized spacial score (nSPS) is 11.0.